The van der Waals surface area contributed by atoms with Crippen molar-refractivity contribution in [2.75, 3.05) is 11.9 Å². The van der Waals surface area contributed by atoms with E-state index in [1.54, 1.807) is 6.07 Å². The lowest BCUT2D eigenvalue weighted by molar-refractivity contribution is 0.0693. The predicted octanol–water partition coefficient (Wildman–Crippen LogP) is 2.49. The van der Waals surface area contributed by atoms with E-state index in [1.807, 2.05) is 0 Å². The number of aliphatic hydroxyl groups is 1. The minimum atomic E-state index is -1.26. The maximum Gasteiger partial charge on any atom is 0.340 e. The van der Waals surface area contributed by atoms with Gasteiger partial charge in [0, 0.05) is 6.54 Å². The van der Waals surface area contributed by atoms with Crippen molar-refractivity contribution in [3.8, 4) is 0 Å². The standard InChI is InChI=1S/C14H18FNO3/c15-11-2-1-3-12(13(11)14(18)19)16-8-9-4-6-10(17)7-5-9/h1-3,9-10,16-17H,4-8H2,(H,18,19). The smallest absolute Gasteiger partial charge is 0.340 e. The zero-order valence-electron chi connectivity index (χ0n) is 10.6. The molecule has 0 unspecified atom stereocenters. The number of hydrogen-bond acceptors (Lipinski definition) is 3. The van der Waals surface area contributed by atoms with Crippen molar-refractivity contribution in [3.63, 3.8) is 0 Å². The lowest BCUT2D eigenvalue weighted by atomic mass is 9.87. The normalized spacial score (nSPS) is 23.1. The average Bonchev–Trinajstić information content (AvgIpc) is 2.37. The lowest BCUT2D eigenvalue weighted by Crippen LogP contribution is -2.24. The van der Waals surface area contributed by atoms with E-state index in [2.05, 4.69) is 5.32 Å². The summed E-state index contributed by atoms with van der Waals surface area (Å²) in [5.74, 6) is -1.59. The summed E-state index contributed by atoms with van der Waals surface area (Å²) in [4.78, 5) is 11.0. The Balaban J connectivity index is 2.00. The van der Waals surface area contributed by atoms with Crippen LogP contribution in [0.25, 0.3) is 0 Å². The number of hydrogen-bond donors (Lipinski definition) is 3. The number of anilines is 1. The number of nitrogens with one attached hydrogen (secondary N) is 1. The Morgan fingerprint density at radius 2 is 2.00 bits per heavy atom. The van der Waals surface area contributed by atoms with E-state index in [9.17, 15) is 14.3 Å². The van der Waals surface area contributed by atoms with Crippen molar-refractivity contribution in [1.29, 1.82) is 0 Å². The Labute approximate surface area is 111 Å². The van der Waals surface area contributed by atoms with Gasteiger partial charge in [-0.25, -0.2) is 9.18 Å². The number of halogens is 1. The summed E-state index contributed by atoms with van der Waals surface area (Å²) in [5, 5.41) is 21.4. The molecule has 1 saturated carbocycles. The Morgan fingerprint density at radius 3 is 2.63 bits per heavy atom. The van der Waals surface area contributed by atoms with Crippen LogP contribution in [0.4, 0.5) is 10.1 Å². The van der Waals surface area contributed by atoms with Gasteiger partial charge in [0.25, 0.3) is 0 Å². The SMILES string of the molecule is O=C(O)c1c(F)cccc1NCC1CCC(O)CC1. The van der Waals surface area contributed by atoms with E-state index < -0.39 is 11.8 Å². The number of benzene rings is 1. The van der Waals surface area contributed by atoms with E-state index in [0.29, 0.717) is 18.2 Å². The first-order valence-corrected chi connectivity index (χ1v) is 6.51. The van der Waals surface area contributed by atoms with E-state index in [1.165, 1.54) is 6.07 Å². The molecule has 4 nitrogen and oxygen atoms in total. The number of aromatic carboxylic acids is 1. The highest BCUT2D eigenvalue weighted by Crippen LogP contribution is 2.26. The largest absolute Gasteiger partial charge is 0.478 e. The number of carboxylic acid groups (broad SMARTS) is 1. The topological polar surface area (TPSA) is 69.6 Å². The molecule has 1 aliphatic rings. The summed E-state index contributed by atoms with van der Waals surface area (Å²) in [7, 11) is 0. The summed E-state index contributed by atoms with van der Waals surface area (Å²) in [6.45, 7) is 0.608. The fraction of sp³-hybridized carbons (Fsp3) is 0.500. The Hall–Kier alpha value is -1.62. The zero-order valence-corrected chi connectivity index (χ0v) is 10.6. The molecule has 0 atom stereocenters. The zero-order chi connectivity index (χ0) is 13.8. The van der Waals surface area contributed by atoms with Gasteiger partial charge in [0.2, 0.25) is 0 Å². The molecule has 1 aromatic rings. The van der Waals surface area contributed by atoms with Crippen molar-refractivity contribution in [2.45, 2.75) is 31.8 Å². The maximum absolute atomic E-state index is 13.5. The molecule has 0 heterocycles. The van der Waals surface area contributed by atoms with Crippen molar-refractivity contribution in [2.24, 2.45) is 5.92 Å². The highest BCUT2D eigenvalue weighted by molar-refractivity contribution is 5.94. The first-order valence-electron chi connectivity index (χ1n) is 6.51. The van der Waals surface area contributed by atoms with Gasteiger partial charge in [-0.3, -0.25) is 0 Å². The minimum Gasteiger partial charge on any atom is -0.478 e. The molecule has 0 aliphatic heterocycles. The van der Waals surface area contributed by atoms with Gasteiger partial charge in [0.15, 0.2) is 0 Å². The fourth-order valence-corrected chi connectivity index (χ4v) is 2.49. The van der Waals surface area contributed by atoms with Crippen molar-refractivity contribution in [3.05, 3.63) is 29.6 Å². The molecule has 1 aromatic carbocycles. The third-order valence-electron chi connectivity index (χ3n) is 3.62. The molecule has 0 radical (unpaired) electrons. The van der Waals surface area contributed by atoms with Crippen LogP contribution < -0.4 is 5.32 Å². The summed E-state index contributed by atoms with van der Waals surface area (Å²) >= 11 is 0. The van der Waals surface area contributed by atoms with Crippen LogP contribution in [0.2, 0.25) is 0 Å². The molecule has 3 N–H and O–H groups in total. The second kappa shape index (κ2) is 6.02. The lowest BCUT2D eigenvalue weighted by Gasteiger charge is -2.26. The first-order chi connectivity index (χ1) is 9.08. The molecule has 0 saturated heterocycles. The van der Waals surface area contributed by atoms with E-state index in [0.717, 1.165) is 31.7 Å². The average molecular weight is 267 g/mol. The number of aliphatic hydroxyl groups excluding tert-OH is 1. The van der Waals surface area contributed by atoms with Gasteiger partial charge in [-0.1, -0.05) is 6.07 Å². The van der Waals surface area contributed by atoms with Gasteiger partial charge in [0.05, 0.1) is 11.8 Å². The second-order valence-electron chi connectivity index (χ2n) is 5.02. The Kier molecular flexibility index (Phi) is 4.37. The fourth-order valence-electron chi connectivity index (χ4n) is 2.49. The predicted molar refractivity (Wildman–Crippen MR) is 69.8 cm³/mol. The third-order valence-corrected chi connectivity index (χ3v) is 3.62. The van der Waals surface area contributed by atoms with Gasteiger partial charge in [-0.2, -0.15) is 0 Å². The quantitative estimate of drug-likeness (QED) is 0.784. The molecule has 104 valence electrons. The summed E-state index contributed by atoms with van der Waals surface area (Å²) in [5.41, 5.74) is 0.0111. The molecule has 0 spiro atoms. The van der Waals surface area contributed by atoms with Crippen LogP contribution in [0.1, 0.15) is 36.0 Å². The van der Waals surface area contributed by atoms with Crippen molar-refractivity contribution >= 4 is 11.7 Å². The van der Waals surface area contributed by atoms with Crippen LogP contribution in [0.3, 0.4) is 0 Å². The molecule has 0 aromatic heterocycles. The minimum absolute atomic E-state index is 0.208. The van der Waals surface area contributed by atoms with Crippen LogP contribution in [0.15, 0.2) is 18.2 Å². The summed E-state index contributed by atoms with van der Waals surface area (Å²) in [6, 6.07) is 4.21. The van der Waals surface area contributed by atoms with Crippen LogP contribution in [0, 0.1) is 11.7 Å². The molecular formula is C14H18FNO3. The maximum atomic E-state index is 13.5. The van der Waals surface area contributed by atoms with Gasteiger partial charge in [-0.05, 0) is 43.7 Å². The van der Waals surface area contributed by atoms with Crippen molar-refractivity contribution in [1.82, 2.24) is 0 Å². The van der Waals surface area contributed by atoms with Gasteiger partial charge >= 0.3 is 5.97 Å². The van der Waals surface area contributed by atoms with Crippen LogP contribution in [-0.4, -0.2) is 28.8 Å². The van der Waals surface area contributed by atoms with Crippen LogP contribution in [-0.2, 0) is 0 Å². The Bertz CT molecular complexity index is 456. The molecule has 0 amide bonds. The first kappa shape index (κ1) is 13.8. The van der Waals surface area contributed by atoms with Gasteiger partial charge < -0.3 is 15.5 Å². The highest BCUT2D eigenvalue weighted by Gasteiger charge is 2.20. The third kappa shape index (κ3) is 3.44. The monoisotopic (exact) mass is 267 g/mol. The van der Waals surface area contributed by atoms with E-state index in [-0.39, 0.29) is 11.7 Å². The van der Waals surface area contributed by atoms with Gasteiger partial charge in [0.1, 0.15) is 11.4 Å². The van der Waals surface area contributed by atoms with Crippen LogP contribution >= 0.6 is 0 Å². The molecular weight excluding hydrogens is 249 g/mol. The van der Waals surface area contributed by atoms with Gasteiger partial charge in [-0.15, -0.1) is 0 Å². The highest BCUT2D eigenvalue weighted by atomic mass is 19.1. The van der Waals surface area contributed by atoms with Crippen molar-refractivity contribution < 1.29 is 19.4 Å². The molecule has 2 rings (SSSR count). The van der Waals surface area contributed by atoms with Crippen LogP contribution in [0.5, 0.6) is 0 Å². The second-order valence-corrected chi connectivity index (χ2v) is 5.02. The molecule has 1 aliphatic carbocycles. The summed E-state index contributed by atoms with van der Waals surface area (Å²) < 4.78 is 13.5. The number of carbonyl (C=O) groups is 1. The van der Waals surface area contributed by atoms with E-state index >= 15 is 0 Å². The number of carboxylic acids is 1. The number of rotatable bonds is 4. The molecule has 5 heteroatoms. The molecule has 1 fully saturated rings. The molecule has 19 heavy (non-hydrogen) atoms. The molecule has 0 bridgehead atoms. The van der Waals surface area contributed by atoms with E-state index in [4.69, 9.17) is 5.11 Å². The summed E-state index contributed by atoms with van der Waals surface area (Å²) in [6.07, 6.45) is 3.17. The Morgan fingerprint density at radius 1 is 1.32 bits per heavy atom.